The highest BCUT2D eigenvalue weighted by Gasteiger charge is 2.30. The predicted octanol–water partition coefficient (Wildman–Crippen LogP) is 6.48. The number of halogens is 3. The molecular formula is C25H23F3N4S. The second-order valence-corrected chi connectivity index (χ2v) is 8.71. The van der Waals surface area contributed by atoms with Gasteiger partial charge in [0.25, 0.3) is 0 Å². The number of nitrogens with two attached hydrogens (primary N) is 1. The number of allylic oxidation sites excluding steroid dienone is 1. The van der Waals surface area contributed by atoms with Crippen molar-refractivity contribution in [2.75, 3.05) is 11.9 Å². The number of aromatic nitrogens is 2. The minimum Gasteiger partial charge on any atom is -0.360 e. The highest BCUT2D eigenvalue weighted by atomic mass is 32.1. The maximum absolute atomic E-state index is 12.9. The van der Waals surface area contributed by atoms with Gasteiger partial charge in [-0.2, -0.15) is 13.2 Å². The van der Waals surface area contributed by atoms with Crippen LogP contribution in [0, 0.1) is 0 Å². The number of alkyl halides is 3. The van der Waals surface area contributed by atoms with E-state index in [2.05, 4.69) is 21.4 Å². The van der Waals surface area contributed by atoms with Crippen LogP contribution in [0.25, 0.3) is 21.2 Å². The molecule has 0 saturated carbocycles. The monoisotopic (exact) mass is 468 g/mol. The Bertz CT molecular complexity index is 1250. The molecule has 4 rings (SSSR count). The summed E-state index contributed by atoms with van der Waals surface area (Å²) in [5.74, 6) is -0.224. The van der Waals surface area contributed by atoms with Gasteiger partial charge < -0.3 is 11.1 Å². The summed E-state index contributed by atoms with van der Waals surface area (Å²) in [6.45, 7) is 2.29. The number of nitrogens with one attached hydrogen (secondary N) is 1. The van der Waals surface area contributed by atoms with E-state index in [1.54, 1.807) is 6.20 Å². The fraction of sp³-hybridized carbons (Fsp3) is 0.200. The van der Waals surface area contributed by atoms with Crippen molar-refractivity contribution in [3.63, 3.8) is 0 Å². The van der Waals surface area contributed by atoms with Crippen molar-refractivity contribution in [2.45, 2.75) is 25.1 Å². The second kappa shape index (κ2) is 9.72. The Kier molecular flexibility index (Phi) is 6.76. The first-order valence-electron chi connectivity index (χ1n) is 10.4. The van der Waals surface area contributed by atoms with Gasteiger partial charge in [0, 0.05) is 42.5 Å². The average Bonchev–Trinajstić information content (AvgIpc) is 3.29. The van der Waals surface area contributed by atoms with E-state index in [4.69, 9.17) is 5.73 Å². The Morgan fingerprint density at radius 3 is 2.58 bits per heavy atom. The number of rotatable bonds is 7. The average molecular weight is 469 g/mol. The molecule has 0 bridgehead atoms. The molecule has 33 heavy (non-hydrogen) atoms. The minimum absolute atomic E-state index is 0.224. The first-order chi connectivity index (χ1) is 15.8. The van der Waals surface area contributed by atoms with Crippen LogP contribution in [-0.4, -0.2) is 22.6 Å². The van der Waals surface area contributed by atoms with Crippen LogP contribution in [0.4, 0.5) is 18.3 Å². The van der Waals surface area contributed by atoms with Gasteiger partial charge >= 0.3 is 6.18 Å². The van der Waals surface area contributed by atoms with E-state index >= 15 is 0 Å². The standard InChI is InChI=1S/C25H23F3N4S/c1-2-3-21(16-6-8-20(9-7-16)25(26,27)28)22(29)14-31-24-32-15-23(33-24)18-4-5-19-13-30-11-10-17(19)12-18/h2-13,15,21-22H,14,29H2,1H3,(H,31,32)/t21-,22+/m0/s1. The smallest absolute Gasteiger partial charge is 0.360 e. The molecule has 0 unspecified atom stereocenters. The summed E-state index contributed by atoms with van der Waals surface area (Å²) in [7, 11) is 0. The zero-order chi connectivity index (χ0) is 23.4. The first kappa shape index (κ1) is 22.9. The van der Waals surface area contributed by atoms with E-state index < -0.39 is 11.7 Å². The molecule has 8 heteroatoms. The van der Waals surface area contributed by atoms with Crippen LogP contribution in [0.3, 0.4) is 0 Å². The lowest BCUT2D eigenvalue weighted by Gasteiger charge is -2.22. The lowest BCUT2D eigenvalue weighted by Crippen LogP contribution is -2.34. The second-order valence-electron chi connectivity index (χ2n) is 7.68. The molecule has 2 atom stereocenters. The topological polar surface area (TPSA) is 63.8 Å². The van der Waals surface area contributed by atoms with Gasteiger partial charge in [-0.1, -0.05) is 47.8 Å². The molecule has 0 fully saturated rings. The molecule has 0 aliphatic rings. The van der Waals surface area contributed by atoms with Gasteiger partial charge in [-0.05, 0) is 47.7 Å². The molecule has 2 aromatic carbocycles. The van der Waals surface area contributed by atoms with Gasteiger partial charge in [0.1, 0.15) is 0 Å². The van der Waals surface area contributed by atoms with Gasteiger partial charge in [0.2, 0.25) is 0 Å². The normalized spacial score (nSPS) is 14.0. The third-order valence-corrected chi connectivity index (χ3v) is 6.41. The fourth-order valence-electron chi connectivity index (χ4n) is 3.66. The van der Waals surface area contributed by atoms with Gasteiger partial charge in [-0.15, -0.1) is 0 Å². The van der Waals surface area contributed by atoms with Crippen LogP contribution >= 0.6 is 11.3 Å². The largest absolute Gasteiger partial charge is 0.416 e. The number of nitrogens with zero attached hydrogens (tertiary/aromatic N) is 2. The Labute approximate surface area is 194 Å². The van der Waals surface area contributed by atoms with Crippen LogP contribution in [0.2, 0.25) is 0 Å². The van der Waals surface area contributed by atoms with Crippen LogP contribution in [0.1, 0.15) is 24.0 Å². The van der Waals surface area contributed by atoms with Crippen molar-refractivity contribution < 1.29 is 13.2 Å². The number of fused-ring (bicyclic) bond motifs is 1. The van der Waals surface area contributed by atoms with Crippen molar-refractivity contribution in [3.8, 4) is 10.4 Å². The SMILES string of the molecule is CC=C[C@@H](c1ccc(C(F)(F)F)cc1)[C@H](N)CNc1ncc(-c2ccc3cnccc3c2)s1. The molecule has 0 radical (unpaired) electrons. The Morgan fingerprint density at radius 2 is 1.85 bits per heavy atom. The molecule has 0 saturated heterocycles. The molecule has 170 valence electrons. The van der Waals surface area contributed by atoms with Gasteiger partial charge in [0.05, 0.1) is 10.4 Å². The van der Waals surface area contributed by atoms with Gasteiger partial charge in [-0.3, -0.25) is 4.98 Å². The highest BCUT2D eigenvalue weighted by molar-refractivity contribution is 7.18. The molecule has 0 spiro atoms. The maximum Gasteiger partial charge on any atom is 0.416 e. The number of benzene rings is 2. The lowest BCUT2D eigenvalue weighted by atomic mass is 9.90. The molecule has 0 aliphatic carbocycles. The summed E-state index contributed by atoms with van der Waals surface area (Å²) >= 11 is 1.53. The van der Waals surface area contributed by atoms with Gasteiger partial charge in [0.15, 0.2) is 5.13 Å². The molecule has 4 nitrogen and oxygen atoms in total. The minimum atomic E-state index is -4.36. The first-order valence-corrected chi connectivity index (χ1v) is 11.3. The molecule has 0 aliphatic heterocycles. The number of anilines is 1. The van der Waals surface area contributed by atoms with Crippen molar-refractivity contribution in [3.05, 3.63) is 90.4 Å². The molecular weight excluding hydrogens is 445 g/mol. The van der Waals surface area contributed by atoms with Gasteiger partial charge in [-0.25, -0.2) is 4.98 Å². The molecule has 2 heterocycles. The quantitative estimate of drug-likeness (QED) is 0.305. The van der Waals surface area contributed by atoms with Crippen LogP contribution in [-0.2, 0) is 6.18 Å². The Hall–Kier alpha value is -3.23. The van der Waals surface area contributed by atoms with Crippen molar-refractivity contribution >= 4 is 27.2 Å². The number of hydrogen-bond donors (Lipinski definition) is 2. The Morgan fingerprint density at radius 1 is 1.06 bits per heavy atom. The maximum atomic E-state index is 12.9. The van der Waals surface area contributed by atoms with Crippen molar-refractivity contribution in [1.29, 1.82) is 0 Å². The third-order valence-electron chi connectivity index (χ3n) is 5.40. The van der Waals surface area contributed by atoms with Crippen LogP contribution < -0.4 is 11.1 Å². The number of pyridine rings is 1. The summed E-state index contributed by atoms with van der Waals surface area (Å²) in [6.07, 6.45) is 4.83. The van der Waals surface area contributed by atoms with E-state index in [1.807, 2.05) is 49.7 Å². The summed E-state index contributed by atoms with van der Waals surface area (Å²) in [5, 5.41) is 6.20. The summed E-state index contributed by atoms with van der Waals surface area (Å²) in [6, 6.07) is 13.0. The zero-order valence-electron chi connectivity index (χ0n) is 17.9. The zero-order valence-corrected chi connectivity index (χ0v) is 18.7. The molecule has 3 N–H and O–H groups in total. The van der Waals surface area contributed by atoms with E-state index in [9.17, 15) is 13.2 Å². The molecule has 4 aromatic rings. The van der Waals surface area contributed by atoms with Crippen LogP contribution in [0.15, 0.2) is 79.3 Å². The van der Waals surface area contributed by atoms with Crippen molar-refractivity contribution in [1.82, 2.24) is 9.97 Å². The lowest BCUT2D eigenvalue weighted by molar-refractivity contribution is -0.137. The summed E-state index contributed by atoms with van der Waals surface area (Å²) in [4.78, 5) is 9.62. The van der Waals surface area contributed by atoms with E-state index in [-0.39, 0.29) is 12.0 Å². The predicted molar refractivity (Wildman–Crippen MR) is 128 cm³/mol. The fourth-order valence-corrected chi connectivity index (χ4v) is 4.48. The van der Waals surface area contributed by atoms with Crippen LogP contribution in [0.5, 0.6) is 0 Å². The summed E-state index contributed by atoms with van der Waals surface area (Å²) in [5.41, 5.74) is 7.56. The number of hydrogen-bond acceptors (Lipinski definition) is 5. The van der Waals surface area contributed by atoms with Crippen molar-refractivity contribution in [2.24, 2.45) is 5.73 Å². The molecule has 0 amide bonds. The van der Waals surface area contributed by atoms with E-state index in [0.717, 1.165) is 44.0 Å². The Balaban J connectivity index is 1.44. The van der Waals surface area contributed by atoms with E-state index in [0.29, 0.717) is 6.54 Å². The highest BCUT2D eigenvalue weighted by Crippen LogP contribution is 2.32. The summed E-state index contributed by atoms with van der Waals surface area (Å²) < 4.78 is 38.6. The number of thiazole rings is 1. The third kappa shape index (κ3) is 5.40. The molecule has 2 aromatic heterocycles. The van der Waals surface area contributed by atoms with E-state index in [1.165, 1.54) is 23.5 Å².